The molecule has 7 heteroatoms. The van der Waals surface area contributed by atoms with E-state index in [2.05, 4.69) is 34.7 Å². The summed E-state index contributed by atoms with van der Waals surface area (Å²) in [5.74, 6) is 0.515. The lowest BCUT2D eigenvalue weighted by molar-refractivity contribution is -0.115. The standard InChI is InChI=1S/C16H22N4OS2/c1-10(2)9-17-15-19-20-16(23-15)22-12(4)14(21)18-13-7-5-6-11(3)8-13/h5-8,10,12H,9H2,1-4H3,(H,17,19)(H,18,21). The largest absolute Gasteiger partial charge is 0.360 e. The normalized spacial score (nSPS) is 12.2. The summed E-state index contributed by atoms with van der Waals surface area (Å²) in [6.07, 6.45) is 0. The average Bonchev–Trinajstić information content (AvgIpc) is 2.92. The third-order valence-electron chi connectivity index (χ3n) is 3.00. The highest BCUT2D eigenvalue weighted by Gasteiger charge is 2.17. The summed E-state index contributed by atoms with van der Waals surface area (Å²) in [6, 6.07) is 7.77. The van der Waals surface area contributed by atoms with Crippen LogP contribution in [0.3, 0.4) is 0 Å². The molecule has 2 rings (SSSR count). The molecule has 1 unspecified atom stereocenters. The molecule has 2 N–H and O–H groups in total. The fraction of sp³-hybridized carbons (Fsp3) is 0.438. The summed E-state index contributed by atoms with van der Waals surface area (Å²) < 4.78 is 0.795. The number of rotatable bonds is 7. The number of nitrogens with one attached hydrogen (secondary N) is 2. The van der Waals surface area contributed by atoms with Crippen molar-refractivity contribution in [1.82, 2.24) is 10.2 Å². The summed E-state index contributed by atoms with van der Waals surface area (Å²) in [4.78, 5) is 12.3. The molecule has 0 bridgehead atoms. The maximum absolute atomic E-state index is 12.3. The second-order valence-corrected chi connectivity index (χ2v) is 8.33. The van der Waals surface area contributed by atoms with Crippen molar-refractivity contribution in [3.05, 3.63) is 29.8 Å². The van der Waals surface area contributed by atoms with E-state index in [4.69, 9.17) is 0 Å². The molecule has 0 aliphatic carbocycles. The molecule has 124 valence electrons. The fourth-order valence-electron chi connectivity index (χ4n) is 1.79. The molecule has 1 aromatic heterocycles. The first-order valence-corrected chi connectivity index (χ1v) is 9.25. The molecule has 0 radical (unpaired) electrons. The molecule has 1 atom stereocenters. The van der Waals surface area contributed by atoms with Crippen molar-refractivity contribution in [3.63, 3.8) is 0 Å². The minimum atomic E-state index is -0.235. The lowest BCUT2D eigenvalue weighted by atomic mass is 10.2. The van der Waals surface area contributed by atoms with Crippen LogP contribution in [-0.2, 0) is 4.79 Å². The van der Waals surface area contributed by atoms with E-state index in [1.54, 1.807) is 0 Å². The first kappa shape index (κ1) is 17.7. The van der Waals surface area contributed by atoms with Crippen molar-refractivity contribution in [1.29, 1.82) is 0 Å². The maximum atomic E-state index is 12.3. The predicted octanol–water partition coefficient (Wildman–Crippen LogP) is 4.03. The molecule has 0 aliphatic rings. The van der Waals surface area contributed by atoms with E-state index in [9.17, 15) is 4.79 Å². The summed E-state index contributed by atoms with van der Waals surface area (Å²) in [7, 11) is 0. The molecular formula is C16H22N4OS2. The molecule has 0 aliphatic heterocycles. The van der Waals surface area contributed by atoms with Crippen LogP contribution in [0.5, 0.6) is 0 Å². The Morgan fingerprint density at radius 1 is 1.30 bits per heavy atom. The van der Waals surface area contributed by atoms with Crippen LogP contribution in [-0.4, -0.2) is 27.9 Å². The van der Waals surface area contributed by atoms with Gasteiger partial charge in [-0.2, -0.15) is 0 Å². The zero-order valence-corrected chi connectivity index (χ0v) is 15.4. The number of nitrogens with zero attached hydrogens (tertiary/aromatic N) is 2. The number of benzene rings is 1. The van der Waals surface area contributed by atoms with Gasteiger partial charge in [0.1, 0.15) is 0 Å². The average molecular weight is 351 g/mol. The fourth-order valence-corrected chi connectivity index (χ4v) is 3.69. The molecule has 1 heterocycles. The monoisotopic (exact) mass is 350 g/mol. The van der Waals surface area contributed by atoms with Gasteiger partial charge in [-0.25, -0.2) is 0 Å². The van der Waals surface area contributed by atoms with Crippen molar-refractivity contribution in [2.75, 3.05) is 17.2 Å². The number of aromatic nitrogens is 2. The quantitative estimate of drug-likeness (QED) is 0.738. The van der Waals surface area contributed by atoms with E-state index >= 15 is 0 Å². The number of hydrogen-bond donors (Lipinski definition) is 2. The zero-order chi connectivity index (χ0) is 16.8. The molecule has 0 fully saturated rings. The smallest absolute Gasteiger partial charge is 0.237 e. The Morgan fingerprint density at radius 3 is 2.78 bits per heavy atom. The van der Waals surface area contributed by atoms with Crippen LogP contribution in [0.4, 0.5) is 10.8 Å². The van der Waals surface area contributed by atoms with Crippen LogP contribution >= 0.6 is 23.1 Å². The first-order valence-electron chi connectivity index (χ1n) is 7.55. The molecule has 0 saturated carbocycles. The summed E-state index contributed by atoms with van der Waals surface area (Å²) >= 11 is 2.90. The van der Waals surface area contributed by atoms with Gasteiger partial charge in [0.05, 0.1) is 5.25 Å². The highest BCUT2D eigenvalue weighted by molar-refractivity contribution is 8.02. The minimum Gasteiger partial charge on any atom is -0.360 e. The van der Waals surface area contributed by atoms with E-state index in [1.807, 2.05) is 38.1 Å². The number of hydrogen-bond acceptors (Lipinski definition) is 6. The van der Waals surface area contributed by atoms with Crippen molar-refractivity contribution in [2.45, 2.75) is 37.3 Å². The molecule has 5 nitrogen and oxygen atoms in total. The second kappa shape index (κ2) is 8.31. The first-order chi connectivity index (χ1) is 10.9. The minimum absolute atomic E-state index is 0.0347. The van der Waals surface area contributed by atoms with E-state index < -0.39 is 0 Å². The Balaban J connectivity index is 1.88. The van der Waals surface area contributed by atoms with Gasteiger partial charge in [-0.15, -0.1) is 10.2 Å². The van der Waals surface area contributed by atoms with Gasteiger partial charge in [0, 0.05) is 12.2 Å². The molecule has 1 amide bonds. The number of carbonyl (C=O) groups excluding carboxylic acids is 1. The van der Waals surface area contributed by atoms with Gasteiger partial charge in [-0.05, 0) is 37.5 Å². The second-order valence-electron chi connectivity index (χ2n) is 5.77. The van der Waals surface area contributed by atoms with Crippen molar-refractivity contribution in [3.8, 4) is 0 Å². The molecule has 0 spiro atoms. The van der Waals surface area contributed by atoms with Gasteiger partial charge in [0.2, 0.25) is 11.0 Å². The van der Waals surface area contributed by atoms with E-state index in [-0.39, 0.29) is 11.2 Å². The van der Waals surface area contributed by atoms with E-state index in [0.717, 1.165) is 27.3 Å². The highest BCUT2D eigenvalue weighted by Crippen LogP contribution is 2.29. The molecule has 23 heavy (non-hydrogen) atoms. The number of aryl methyl sites for hydroxylation is 1. The lowest BCUT2D eigenvalue weighted by Crippen LogP contribution is -2.22. The Kier molecular flexibility index (Phi) is 6.41. The van der Waals surface area contributed by atoms with Crippen molar-refractivity contribution < 1.29 is 4.79 Å². The Hall–Kier alpha value is -1.60. The molecule has 0 saturated heterocycles. The van der Waals surface area contributed by atoms with Crippen LogP contribution in [0.2, 0.25) is 0 Å². The van der Waals surface area contributed by atoms with Crippen LogP contribution in [0, 0.1) is 12.8 Å². The Bertz CT molecular complexity index is 657. The zero-order valence-electron chi connectivity index (χ0n) is 13.8. The van der Waals surface area contributed by atoms with Crippen LogP contribution in [0.25, 0.3) is 0 Å². The third kappa shape index (κ3) is 5.84. The van der Waals surface area contributed by atoms with Gasteiger partial charge in [-0.1, -0.05) is 49.1 Å². The predicted molar refractivity (Wildman–Crippen MR) is 98.4 cm³/mol. The van der Waals surface area contributed by atoms with Crippen LogP contribution < -0.4 is 10.6 Å². The van der Waals surface area contributed by atoms with E-state index in [1.165, 1.54) is 23.1 Å². The summed E-state index contributed by atoms with van der Waals surface area (Å²) in [6.45, 7) is 9.02. The van der Waals surface area contributed by atoms with Gasteiger partial charge >= 0.3 is 0 Å². The molecule has 2 aromatic rings. The SMILES string of the molecule is Cc1cccc(NC(=O)C(C)Sc2nnc(NCC(C)C)s2)c1. The van der Waals surface area contributed by atoms with Gasteiger partial charge in [0.15, 0.2) is 4.34 Å². The van der Waals surface area contributed by atoms with Crippen LogP contribution in [0.1, 0.15) is 26.3 Å². The Morgan fingerprint density at radius 2 is 2.09 bits per heavy atom. The van der Waals surface area contributed by atoms with Gasteiger partial charge < -0.3 is 10.6 Å². The third-order valence-corrected chi connectivity index (χ3v) is 5.07. The summed E-state index contributed by atoms with van der Waals surface area (Å²) in [5, 5.41) is 15.0. The van der Waals surface area contributed by atoms with Gasteiger partial charge in [0.25, 0.3) is 0 Å². The van der Waals surface area contributed by atoms with Crippen molar-refractivity contribution in [2.24, 2.45) is 5.92 Å². The maximum Gasteiger partial charge on any atom is 0.237 e. The summed E-state index contributed by atoms with van der Waals surface area (Å²) in [5.41, 5.74) is 1.94. The van der Waals surface area contributed by atoms with Crippen LogP contribution in [0.15, 0.2) is 28.6 Å². The lowest BCUT2D eigenvalue weighted by Gasteiger charge is -2.10. The molecule has 1 aromatic carbocycles. The van der Waals surface area contributed by atoms with Crippen molar-refractivity contribution >= 4 is 39.8 Å². The number of carbonyl (C=O) groups is 1. The highest BCUT2D eigenvalue weighted by atomic mass is 32.2. The topological polar surface area (TPSA) is 66.9 Å². The number of amides is 1. The number of anilines is 2. The number of thioether (sulfide) groups is 1. The Labute approximate surface area is 145 Å². The molecular weight excluding hydrogens is 328 g/mol. The van der Waals surface area contributed by atoms with E-state index in [0.29, 0.717) is 5.92 Å². The van der Waals surface area contributed by atoms with Gasteiger partial charge in [-0.3, -0.25) is 4.79 Å².